The minimum Gasteiger partial charge on any atom is -0.481 e. The monoisotopic (exact) mass is 398 g/mol. The average molecular weight is 398 g/mol. The molecule has 0 saturated carbocycles. The number of carbonyl (C=O) groups is 1. The fraction of sp³-hybridized carbons (Fsp3) is 0.130. The first kappa shape index (κ1) is 19.2. The van der Waals surface area contributed by atoms with E-state index in [1.807, 2.05) is 36.4 Å². The summed E-state index contributed by atoms with van der Waals surface area (Å²) in [5, 5.41) is 4.18. The van der Waals surface area contributed by atoms with Gasteiger partial charge >= 0.3 is 0 Å². The van der Waals surface area contributed by atoms with Crippen LogP contribution >= 0.6 is 0 Å². The summed E-state index contributed by atoms with van der Waals surface area (Å²) in [5.74, 6) is 6.04. The topological polar surface area (TPSA) is 86.1 Å². The Morgan fingerprint density at radius 1 is 1.03 bits per heavy atom. The molecule has 2 aromatic carbocycles. The molecule has 0 radical (unpaired) electrons. The van der Waals surface area contributed by atoms with Gasteiger partial charge in [0.05, 0.1) is 29.3 Å². The van der Waals surface area contributed by atoms with Crippen LogP contribution in [-0.2, 0) is 11.3 Å². The van der Waals surface area contributed by atoms with E-state index in [0.717, 1.165) is 10.9 Å². The van der Waals surface area contributed by atoms with Crippen LogP contribution in [0.25, 0.3) is 21.8 Å². The van der Waals surface area contributed by atoms with Gasteiger partial charge in [-0.3, -0.25) is 19.1 Å². The molecule has 0 fully saturated rings. The van der Waals surface area contributed by atoms with Crippen LogP contribution in [0.3, 0.4) is 0 Å². The number of hydrogen-bond acceptors (Lipinski definition) is 5. The molecule has 148 valence electrons. The number of ether oxygens (including phenoxy) is 1. The number of amides is 1. The third-order valence-corrected chi connectivity index (χ3v) is 4.43. The van der Waals surface area contributed by atoms with Crippen molar-refractivity contribution in [2.75, 3.05) is 13.2 Å². The predicted octanol–water partition coefficient (Wildman–Crippen LogP) is 2.14. The molecule has 0 aliphatic carbocycles. The Bertz CT molecular complexity index is 1330. The lowest BCUT2D eigenvalue weighted by Gasteiger charge is -2.06. The Morgan fingerprint density at radius 2 is 1.93 bits per heavy atom. The van der Waals surface area contributed by atoms with Gasteiger partial charge in [0, 0.05) is 17.6 Å². The van der Waals surface area contributed by atoms with E-state index in [2.05, 4.69) is 27.1 Å². The van der Waals surface area contributed by atoms with Crippen LogP contribution in [0.1, 0.15) is 0 Å². The Labute approximate surface area is 172 Å². The van der Waals surface area contributed by atoms with E-state index in [4.69, 9.17) is 4.74 Å². The zero-order chi connectivity index (χ0) is 20.8. The standard InChI is InChI=1S/C23H18N4O3/c28-22(15-27-16-26-20-8-2-1-7-19(20)23(27)29)25-11-3-4-13-30-18-10-9-17-6-5-12-24-21(17)14-18/h1-2,5-10,12,14,16H,11,13,15H2,(H,25,28). The SMILES string of the molecule is O=C(Cn1cnc2ccccc2c1=O)NCC#CCOc1ccc2cccnc2c1. The van der Waals surface area contributed by atoms with Crippen LogP contribution in [0.2, 0.25) is 0 Å². The molecule has 0 aliphatic rings. The Morgan fingerprint density at radius 3 is 2.87 bits per heavy atom. The summed E-state index contributed by atoms with van der Waals surface area (Å²) in [6, 6.07) is 16.6. The smallest absolute Gasteiger partial charge is 0.261 e. The zero-order valence-corrected chi connectivity index (χ0v) is 16.0. The third-order valence-electron chi connectivity index (χ3n) is 4.43. The largest absolute Gasteiger partial charge is 0.481 e. The minimum absolute atomic E-state index is 0.112. The van der Waals surface area contributed by atoms with E-state index >= 15 is 0 Å². The van der Waals surface area contributed by atoms with Gasteiger partial charge < -0.3 is 10.1 Å². The number of benzene rings is 2. The number of nitrogens with one attached hydrogen (secondary N) is 1. The summed E-state index contributed by atoms with van der Waals surface area (Å²) < 4.78 is 6.87. The number of nitrogens with zero attached hydrogens (tertiary/aromatic N) is 3. The molecule has 0 aliphatic heterocycles. The van der Waals surface area contributed by atoms with Gasteiger partial charge in [0.1, 0.15) is 18.9 Å². The lowest BCUT2D eigenvalue weighted by atomic mass is 10.2. The van der Waals surface area contributed by atoms with E-state index in [1.165, 1.54) is 10.9 Å². The van der Waals surface area contributed by atoms with Gasteiger partial charge in [-0.15, -0.1) is 0 Å². The number of hydrogen-bond donors (Lipinski definition) is 1. The third kappa shape index (κ3) is 4.45. The highest BCUT2D eigenvalue weighted by Gasteiger charge is 2.07. The van der Waals surface area contributed by atoms with Crippen molar-refractivity contribution in [2.45, 2.75) is 6.54 Å². The number of pyridine rings is 1. The average Bonchev–Trinajstić information content (AvgIpc) is 2.78. The van der Waals surface area contributed by atoms with Crippen LogP contribution in [0.5, 0.6) is 5.75 Å². The molecule has 0 saturated heterocycles. The Balaban J connectivity index is 1.26. The Kier molecular flexibility index (Phi) is 5.67. The first-order chi connectivity index (χ1) is 14.7. The molecule has 7 heteroatoms. The molecule has 4 rings (SSSR count). The molecule has 2 heterocycles. The highest BCUT2D eigenvalue weighted by molar-refractivity contribution is 5.80. The molecule has 7 nitrogen and oxygen atoms in total. The van der Waals surface area contributed by atoms with Crippen molar-refractivity contribution in [3.8, 4) is 17.6 Å². The molecule has 0 bridgehead atoms. The first-order valence-electron chi connectivity index (χ1n) is 9.35. The van der Waals surface area contributed by atoms with Gasteiger partial charge in [-0.05, 0) is 30.3 Å². The van der Waals surface area contributed by atoms with Crippen LogP contribution in [0, 0.1) is 11.8 Å². The molecule has 2 aromatic heterocycles. The predicted molar refractivity (Wildman–Crippen MR) is 114 cm³/mol. The van der Waals surface area contributed by atoms with Crippen molar-refractivity contribution < 1.29 is 9.53 Å². The van der Waals surface area contributed by atoms with Gasteiger partial charge in [0.25, 0.3) is 5.56 Å². The second-order valence-electron chi connectivity index (χ2n) is 6.47. The summed E-state index contributed by atoms with van der Waals surface area (Å²) >= 11 is 0. The highest BCUT2D eigenvalue weighted by atomic mass is 16.5. The number of para-hydroxylation sites is 1. The van der Waals surface area contributed by atoms with Crippen molar-refractivity contribution in [3.05, 3.63) is 77.5 Å². The lowest BCUT2D eigenvalue weighted by Crippen LogP contribution is -2.32. The summed E-state index contributed by atoms with van der Waals surface area (Å²) in [6.45, 7) is 0.248. The molecular weight excluding hydrogens is 380 g/mol. The van der Waals surface area contributed by atoms with Crippen molar-refractivity contribution >= 4 is 27.7 Å². The first-order valence-corrected chi connectivity index (χ1v) is 9.35. The summed E-state index contributed by atoms with van der Waals surface area (Å²) in [6.07, 6.45) is 3.11. The van der Waals surface area contributed by atoms with E-state index in [9.17, 15) is 9.59 Å². The fourth-order valence-electron chi connectivity index (χ4n) is 2.94. The molecule has 0 atom stereocenters. The van der Waals surface area contributed by atoms with Crippen molar-refractivity contribution in [1.29, 1.82) is 0 Å². The maximum atomic E-state index is 12.4. The number of carbonyl (C=O) groups excluding carboxylic acids is 1. The number of fused-ring (bicyclic) bond motifs is 2. The fourth-order valence-corrected chi connectivity index (χ4v) is 2.94. The van der Waals surface area contributed by atoms with Crippen LogP contribution < -0.4 is 15.6 Å². The Hall–Kier alpha value is -4.18. The van der Waals surface area contributed by atoms with Crippen molar-refractivity contribution in [3.63, 3.8) is 0 Å². The van der Waals surface area contributed by atoms with Crippen LogP contribution in [0.15, 0.2) is 71.9 Å². The summed E-state index contributed by atoms with van der Waals surface area (Å²) in [7, 11) is 0. The van der Waals surface area contributed by atoms with Gasteiger partial charge in [-0.2, -0.15) is 0 Å². The molecule has 0 spiro atoms. The van der Waals surface area contributed by atoms with E-state index in [0.29, 0.717) is 16.7 Å². The van der Waals surface area contributed by atoms with Crippen LogP contribution in [0.4, 0.5) is 0 Å². The summed E-state index contributed by atoms with van der Waals surface area (Å²) in [5.41, 5.74) is 1.21. The quantitative estimate of drug-likeness (QED) is 0.521. The second-order valence-corrected chi connectivity index (χ2v) is 6.47. The van der Waals surface area contributed by atoms with Gasteiger partial charge in [-0.25, -0.2) is 4.98 Å². The zero-order valence-electron chi connectivity index (χ0n) is 16.0. The molecular formula is C23H18N4O3. The number of aromatic nitrogens is 3. The maximum Gasteiger partial charge on any atom is 0.261 e. The van der Waals surface area contributed by atoms with E-state index in [1.54, 1.807) is 24.4 Å². The van der Waals surface area contributed by atoms with Crippen LogP contribution in [-0.4, -0.2) is 33.6 Å². The summed E-state index contributed by atoms with van der Waals surface area (Å²) in [4.78, 5) is 32.9. The minimum atomic E-state index is -0.315. The molecule has 1 N–H and O–H groups in total. The lowest BCUT2D eigenvalue weighted by molar-refractivity contribution is -0.121. The second kappa shape index (κ2) is 8.88. The highest BCUT2D eigenvalue weighted by Crippen LogP contribution is 2.18. The van der Waals surface area contributed by atoms with Crippen molar-refractivity contribution in [2.24, 2.45) is 0 Å². The van der Waals surface area contributed by atoms with E-state index in [-0.39, 0.29) is 31.2 Å². The van der Waals surface area contributed by atoms with E-state index < -0.39 is 0 Å². The van der Waals surface area contributed by atoms with Crippen molar-refractivity contribution in [1.82, 2.24) is 19.9 Å². The number of rotatable bonds is 5. The molecule has 30 heavy (non-hydrogen) atoms. The van der Waals surface area contributed by atoms with Gasteiger partial charge in [-0.1, -0.05) is 30.0 Å². The normalized spacial score (nSPS) is 10.4. The molecule has 0 unspecified atom stereocenters. The maximum absolute atomic E-state index is 12.4. The molecule has 4 aromatic rings. The van der Waals surface area contributed by atoms with Gasteiger partial charge in [0.2, 0.25) is 5.91 Å². The molecule has 1 amide bonds. The van der Waals surface area contributed by atoms with Gasteiger partial charge in [0.15, 0.2) is 0 Å².